The van der Waals surface area contributed by atoms with Crippen molar-refractivity contribution < 1.29 is 23.9 Å². The van der Waals surface area contributed by atoms with E-state index in [1.54, 1.807) is 14.2 Å². The van der Waals surface area contributed by atoms with Gasteiger partial charge in [0.15, 0.2) is 0 Å². The molecule has 1 N–H and O–H groups in total. The van der Waals surface area contributed by atoms with Gasteiger partial charge >= 0.3 is 12.0 Å². The van der Waals surface area contributed by atoms with E-state index in [2.05, 4.69) is 15.1 Å². The summed E-state index contributed by atoms with van der Waals surface area (Å²) in [7, 11) is 3.28. The molecule has 0 aromatic heterocycles. The molecule has 0 saturated carbocycles. The highest BCUT2D eigenvalue weighted by molar-refractivity contribution is 6.02. The Morgan fingerprint density at radius 2 is 1.80 bits per heavy atom. The van der Waals surface area contributed by atoms with Crippen LogP contribution < -0.4 is 15.0 Å². The van der Waals surface area contributed by atoms with Crippen molar-refractivity contribution in [3.8, 4) is 5.75 Å². The fourth-order valence-electron chi connectivity index (χ4n) is 5.02. The fraction of sp³-hybridized carbons (Fsp3) is 0.400. The van der Waals surface area contributed by atoms with Gasteiger partial charge in [-0.25, -0.2) is 4.79 Å². The van der Waals surface area contributed by atoms with Crippen LogP contribution in [0.3, 0.4) is 0 Å². The number of nitrogens with zero attached hydrogens (tertiary/aromatic N) is 4. The molecular weight excluding hydrogens is 450 g/mol. The summed E-state index contributed by atoms with van der Waals surface area (Å²) in [6.45, 7) is 1.18. The maximum atomic E-state index is 13.5. The summed E-state index contributed by atoms with van der Waals surface area (Å²) < 4.78 is 10.6. The van der Waals surface area contributed by atoms with Gasteiger partial charge in [-0.15, -0.1) is 0 Å². The van der Waals surface area contributed by atoms with E-state index in [9.17, 15) is 14.4 Å². The zero-order chi connectivity index (χ0) is 24.5. The second kappa shape index (κ2) is 9.55. The van der Waals surface area contributed by atoms with Crippen LogP contribution in [0, 0.1) is 0 Å². The first kappa shape index (κ1) is 23.1. The number of methoxy groups -OCH3 is 1. The zero-order valence-corrected chi connectivity index (χ0v) is 19.8. The minimum atomic E-state index is -0.622. The molecule has 184 valence electrons. The molecule has 0 spiro atoms. The van der Waals surface area contributed by atoms with E-state index in [0.717, 1.165) is 34.9 Å². The fourth-order valence-corrected chi connectivity index (χ4v) is 5.02. The largest absolute Gasteiger partial charge is 0.497 e. The molecule has 0 aliphatic carbocycles. The molecule has 2 aromatic rings. The van der Waals surface area contributed by atoms with E-state index in [1.807, 2.05) is 54.6 Å². The molecule has 3 unspecified atom stereocenters. The quantitative estimate of drug-likeness (QED) is 0.622. The third-order valence-electron chi connectivity index (χ3n) is 6.80. The SMILES string of the molecule is COc1ccc(N2CCCN3C4C(=O)N(CC(=O)OCc5ccccc5)C(=O)N(C)C4NC23)cc1. The summed E-state index contributed by atoms with van der Waals surface area (Å²) in [6.07, 6.45) is 0.115. The third kappa shape index (κ3) is 4.30. The second-order valence-corrected chi connectivity index (χ2v) is 8.88. The smallest absolute Gasteiger partial charge is 0.328 e. The van der Waals surface area contributed by atoms with Gasteiger partial charge in [-0.3, -0.25) is 24.7 Å². The van der Waals surface area contributed by atoms with E-state index < -0.39 is 30.8 Å². The first-order chi connectivity index (χ1) is 17.0. The van der Waals surface area contributed by atoms with Crippen LogP contribution in [0.15, 0.2) is 54.6 Å². The molecule has 3 amide bonds. The van der Waals surface area contributed by atoms with Gasteiger partial charge in [0, 0.05) is 25.8 Å². The van der Waals surface area contributed by atoms with Crippen molar-refractivity contribution in [1.82, 2.24) is 20.0 Å². The van der Waals surface area contributed by atoms with Crippen molar-refractivity contribution in [2.45, 2.75) is 31.5 Å². The number of hydrogen-bond donors (Lipinski definition) is 1. The van der Waals surface area contributed by atoms with Gasteiger partial charge in [0.1, 0.15) is 37.4 Å². The van der Waals surface area contributed by atoms with Crippen molar-refractivity contribution >= 4 is 23.6 Å². The summed E-state index contributed by atoms with van der Waals surface area (Å²) >= 11 is 0. The standard InChI is InChI=1S/C25H29N5O5/c1-27-22-21(23(32)30(25(27)33)15-20(31)35-16-17-7-4-3-5-8-17)29-14-6-13-28(24(29)26-22)18-9-11-19(34-2)12-10-18/h3-5,7-12,21-22,24,26H,6,13-16H2,1-2H3. The van der Waals surface area contributed by atoms with E-state index in [1.165, 1.54) is 4.90 Å². The number of ether oxygens (including phenoxy) is 2. The Bertz CT molecular complexity index is 1100. The molecular formula is C25H29N5O5. The molecule has 35 heavy (non-hydrogen) atoms. The first-order valence-electron chi connectivity index (χ1n) is 11.7. The maximum absolute atomic E-state index is 13.5. The lowest BCUT2D eigenvalue weighted by molar-refractivity contribution is -0.152. The average molecular weight is 480 g/mol. The molecule has 0 bridgehead atoms. The lowest BCUT2D eigenvalue weighted by Gasteiger charge is -2.43. The number of rotatable bonds is 6. The average Bonchev–Trinajstić information content (AvgIpc) is 3.29. The Morgan fingerprint density at radius 1 is 1.06 bits per heavy atom. The summed E-state index contributed by atoms with van der Waals surface area (Å²) in [5, 5.41) is 3.47. The van der Waals surface area contributed by atoms with Crippen LogP contribution in [-0.4, -0.2) is 84.9 Å². The minimum Gasteiger partial charge on any atom is -0.497 e. The number of hydrogen-bond acceptors (Lipinski definition) is 8. The van der Waals surface area contributed by atoms with Crippen LogP contribution in [0.25, 0.3) is 0 Å². The van der Waals surface area contributed by atoms with Crippen molar-refractivity contribution in [3.63, 3.8) is 0 Å². The van der Waals surface area contributed by atoms with E-state index in [4.69, 9.17) is 9.47 Å². The Balaban J connectivity index is 1.31. The Hall–Kier alpha value is -3.63. The van der Waals surface area contributed by atoms with Gasteiger partial charge in [0.25, 0.3) is 5.91 Å². The summed E-state index contributed by atoms with van der Waals surface area (Å²) in [5.74, 6) is -0.240. The number of imide groups is 1. The molecule has 2 aromatic carbocycles. The van der Waals surface area contributed by atoms with Gasteiger partial charge in [-0.1, -0.05) is 30.3 Å². The highest BCUT2D eigenvalue weighted by Gasteiger charge is 2.56. The van der Waals surface area contributed by atoms with Crippen LogP contribution in [0.4, 0.5) is 10.5 Å². The summed E-state index contributed by atoms with van der Waals surface area (Å²) in [4.78, 5) is 45.8. The Kier molecular flexibility index (Phi) is 6.31. The van der Waals surface area contributed by atoms with Crippen LogP contribution in [0.5, 0.6) is 5.75 Å². The molecule has 3 fully saturated rings. The van der Waals surface area contributed by atoms with Gasteiger partial charge in [-0.2, -0.15) is 0 Å². The zero-order valence-electron chi connectivity index (χ0n) is 19.8. The Morgan fingerprint density at radius 3 is 2.51 bits per heavy atom. The number of nitrogens with one attached hydrogen (secondary N) is 1. The molecule has 5 rings (SSSR count). The van der Waals surface area contributed by atoms with Gasteiger partial charge in [0.05, 0.1) is 7.11 Å². The monoisotopic (exact) mass is 479 g/mol. The van der Waals surface area contributed by atoms with Crippen molar-refractivity contribution in [1.29, 1.82) is 0 Å². The molecule has 3 aliphatic rings. The number of esters is 1. The number of carbonyl (C=O) groups excluding carboxylic acids is 3. The minimum absolute atomic E-state index is 0.0877. The highest BCUT2D eigenvalue weighted by Crippen LogP contribution is 2.33. The van der Waals surface area contributed by atoms with E-state index in [0.29, 0.717) is 6.54 Å². The molecule has 3 atom stereocenters. The number of benzene rings is 2. The predicted octanol–water partition coefficient (Wildman–Crippen LogP) is 1.43. The molecule has 3 heterocycles. The first-order valence-corrected chi connectivity index (χ1v) is 11.7. The number of urea groups is 1. The predicted molar refractivity (Wildman–Crippen MR) is 127 cm³/mol. The molecule has 0 radical (unpaired) electrons. The lowest BCUT2D eigenvalue weighted by Crippen LogP contribution is -2.67. The van der Waals surface area contributed by atoms with E-state index >= 15 is 0 Å². The lowest BCUT2D eigenvalue weighted by atomic mass is 10.1. The number of carbonyl (C=O) groups is 3. The normalized spacial score (nSPS) is 24.3. The van der Waals surface area contributed by atoms with Crippen molar-refractivity contribution in [2.75, 3.05) is 38.7 Å². The highest BCUT2D eigenvalue weighted by atomic mass is 16.5. The summed E-state index contributed by atoms with van der Waals surface area (Å²) in [5.41, 5.74) is 1.83. The maximum Gasteiger partial charge on any atom is 0.328 e. The van der Waals surface area contributed by atoms with Gasteiger partial charge in [-0.05, 0) is 36.2 Å². The van der Waals surface area contributed by atoms with Crippen LogP contribution in [-0.2, 0) is 20.9 Å². The van der Waals surface area contributed by atoms with Crippen molar-refractivity contribution in [3.05, 3.63) is 60.2 Å². The van der Waals surface area contributed by atoms with E-state index in [-0.39, 0.29) is 18.8 Å². The molecule has 10 nitrogen and oxygen atoms in total. The van der Waals surface area contributed by atoms with Crippen LogP contribution in [0.1, 0.15) is 12.0 Å². The topological polar surface area (TPSA) is 94.7 Å². The van der Waals surface area contributed by atoms with Gasteiger partial charge < -0.3 is 19.3 Å². The summed E-state index contributed by atoms with van der Waals surface area (Å²) in [6, 6.07) is 15.9. The molecule has 3 saturated heterocycles. The van der Waals surface area contributed by atoms with Crippen molar-refractivity contribution in [2.24, 2.45) is 0 Å². The number of anilines is 1. The molecule has 10 heteroatoms. The number of fused-ring (bicyclic) bond motifs is 3. The number of likely N-dealkylation sites (N-methyl/N-ethyl adjacent to an activating group) is 1. The Labute approximate surface area is 204 Å². The van der Waals surface area contributed by atoms with Crippen LogP contribution in [0.2, 0.25) is 0 Å². The molecule has 3 aliphatic heterocycles. The third-order valence-corrected chi connectivity index (χ3v) is 6.80. The van der Waals surface area contributed by atoms with Gasteiger partial charge in [0.2, 0.25) is 0 Å². The number of amides is 3. The van der Waals surface area contributed by atoms with Crippen LogP contribution >= 0.6 is 0 Å². The second-order valence-electron chi connectivity index (χ2n) is 8.88.